The number of carbonyl (C=O) groups is 1. The number of nitrogens with zero attached hydrogens (tertiary/aromatic N) is 2. The number of hydrogen-bond acceptors (Lipinski definition) is 5. The number of aryl methyl sites for hydroxylation is 2. The van der Waals surface area contributed by atoms with E-state index in [1.807, 2.05) is 6.92 Å². The number of amides is 1. The highest BCUT2D eigenvalue weighted by Gasteiger charge is 2.23. The van der Waals surface area contributed by atoms with Crippen molar-refractivity contribution in [3.8, 4) is 0 Å². The van der Waals surface area contributed by atoms with Crippen molar-refractivity contribution >= 4 is 39.2 Å². The Morgan fingerprint density at radius 2 is 2.33 bits per heavy atom. The summed E-state index contributed by atoms with van der Waals surface area (Å²) in [5.41, 5.74) is 1.42. The number of carbonyl (C=O) groups excluding carboxylic acids is 1. The molecule has 1 unspecified atom stereocenters. The fourth-order valence-corrected chi connectivity index (χ4v) is 4.87. The molecule has 1 amide bonds. The van der Waals surface area contributed by atoms with E-state index in [0.29, 0.717) is 0 Å². The van der Waals surface area contributed by atoms with Crippen LogP contribution in [0.1, 0.15) is 37.1 Å². The molecule has 0 saturated carbocycles. The maximum absolute atomic E-state index is 12.0. The molecule has 0 saturated heterocycles. The molecule has 112 valence electrons. The van der Waals surface area contributed by atoms with Gasteiger partial charge in [0, 0.05) is 16.8 Å². The summed E-state index contributed by atoms with van der Waals surface area (Å²) < 4.78 is 0. The SMILES string of the molecule is CCCNC(=O)C(C)Sc1ncnc2sc3c(c12)CCC3. The summed E-state index contributed by atoms with van der Waals surface area (Å²) in [6.07, 6.45) is 6.08. The number of hydrogen-bond donors (Lipinski definition) is 1. The maximum Gasteiger partial charge on any atom is 0.233 e. The van der Waals surface area contributed by atoms with Gasteiger partial charge in [-0.3, -0.25) is 4.79 Å². The summed E-state index contributed by atoms with van der Waals surface area (Å²) in [4.78, 5) is 23.4. The molecule has 6 heteroatoms. The summed E-state index contributed by atoms with van der Waals surface area (Å²) in [5, 5.41) is 4.96. The lowest BCUT2D eigenvalue weighted by atomic mass is 10.2. The van der Waals surface area contributed by atoms with Gasteiger partial charge in [0.2, 0.25) is 5.91 Å². The van der Waals surface area contributed by atoms with E-state index in [4.69, 9.17) is 0 Å². The van der Waals surface area contributed by atoms with Crippen LogP contribution in [-0.4, -0.2) is 27.7 Å². The van der Waals surface area contributed by atoms with Crippen LogP contribution in [0.2, 0.25) is 0 Å². The average molecular weight is 321 g/mol. The van der Waals surface area contributed by atoms with Crippen LogP contribution < -0.4 is 5.32 Å². The van der Waals surface area contributed by atoms with Gasteiger partial charge in [-0.05, 0) is 38.2 Å². The summed E-state index contributed by atoms with van der Waals surface area (Å²) in [6.45, 7) is 4.73. The molecule has 0 bridgehead atoms. The first-order valence-electron chi connectivity index (χ1n) is 7.40. The van der Waals surface area contributed by atoms with Crippen LogP contribution in [0.4, 0.5) is 0 Å². The standard InChI is InChI=1S/C15H19N3OS2/c1-3-7-16-13(19)9(2)20-14-12-10-5-4-6-11(10)21-15(12)18-8-17-14/h8-9H,3-7H2,1-2H3,(H,16,19). The van der Waals surface area contributed by atoms with Crippen molar-refractivity contribution in [2.75, 3.05) is 6.54 Å². The van der Waals surface area contributed by atoms with E-state index in [1.165, 1.54) is 22.2 Å². The van der Waals surface area contributed by atoms with Crippen molar-refractivity contribution in [1.29, 1.82) is 0 Å². The highest BCUT2D eigenvalue weighted by molar-refractivity contribution is 8.00. The second-order valence-electron chi connectivity index (χ2n) is 5.27. The van der Waals surface area contributed by atoms with Crippen molar-refractivity contribution < 1.29 is 4.79 Å². The van der Waals surface area contributed by atoms with Gasteiger partial charge >= 0.3 is 0 Å². The van der Waals surface area contributed by atoms with Gasteiger partial charge in [0.25, 0.3) is 0 Å². The Hall–Kier alpha value is -1.14. The summed E-state index contributed by atoms with van der Waals surface area (Å²) in [5.74, 6) is 0.0838. The molecule has 2 heterocycles. The molecule has 2 aromatic heterocycles. The Bertz CT molecular complexity index is 668. The first kappa shape index (κ1) is 14.8. The van der Waals surface area contributed by atoms with Gasteiger partial charge in [-0.2, -0.15) is 0 Å². The number of nitrogens with one attached hydrogen (secondary N) is 1. The van der Waals surface area contributed by atoms with Crippen LogP contribution in [0.5, 0.6) is 0 Å². The molecule has 1 N–H and O–H groups in total. The lowest BCUT2D eigenvalue weighted by molar-refractivity contribution is -0.120. The first-order valence-corrected chi connectivity index (χ1v) is 9.10. The van der Waals surface area contributed by atoms with Crippen molar-refractivity contribution in [3.63, 3.8) is 0 Å². The number of thiophene rings is 1. The lowest BCUT2D eigenvalue weighted by Gasteiger charge is -2.11. The molecule has 0 spiro atoms. The van der Waals surface area contributed by atoms with Crippen molar-refractivity contribution in [3.05, 3.63) is 16.8 Å². The van der Waals surface area contributed by atoms with E-state index in [2.05, 4.69) is 22.2 Å². The number of thioether (sulfide) groups is 1. The monoisotopic (exact) mass is 321 g/mol. The van der Waals surface area contributed by atoms with Gasteiger partial charge in [0.05, 0.1) is 5.25 Å². The van der Waals surface area contributed by atoms with Gasteiger partial charge in [-0.1, -0.05) is 18.7 Å². The predicted octanol–water partition coefficient (Wildman–Crippen LogP) is 3.19. The van der Waals surface area contributed by atoms with Gasteiger partial charge in [-0.15, -0.1) is 11.3 Å². The Morgan fingerprint density at radius 3 is 3.14 bits per heavy atom. The van der Waals surface area contributed by atoms with Crippen molar-refractivity contribution in [1.82, 2.24) is 15.3 Å². The molecule has 1 atom stereocenters. The second-order valence-corrected chi connectivity index (χ2v) is 7.68. The van der Waals surface area contributed by atoms with E-state index in [0.717, 1.165) is 35.7 Å². The lowest BCUT2D eigenvalue weighted by Crippen LogP contribution is -2.31. The van der Waals surface area contributed by atoms with E-state index >= 15 is 0 Å². The van der Waals surface area contributed by atoms with E-state index in [9.17, 15) is 4.79 Å². The van der Waals surface area contributed by atoms with E-state index in [-0.39, 0.29) is 11.2 Å². The van der Waals surface area contributed by atoms with E-state index in [1.54, 1.807) is 29.4 Å². The van der Waals surface area contributed by atoms with Crippen molar-refractivity contribution in [2.45, 2.75) is 49.8 Å². The normalized spacial score (nSPS) is 15.1. The molecule has 0 fully saturated rings. The molecule has 0 radical (unpaired) electrons. The predicted molar refractivity (Wildman–Crippen MR) is 88.1 cm³/mol. The molecule has 0 aliphatic heterocycles. The molecule has 21 heavy (non-hydrogen) atoms. The summed E-state index contributed by atoms with van der Waals surface area (Å²) >= 11 is 3.33. The molecular formula is C15H19N3OS2. The highest BCUT2D eigenvalue weighted by Crippen LogP contribution is 2.40. The second kappa shape index (κ2) is 6.32. The third-order valence-electron chi connectivity index (χ3n) is 3.67. The summed E-state index contributed by atoms with van der Waals surface area (Å²) in [7, 11) is 0. The molecule has 2 aromatic rings. The van der Waals surface area contributed by atoms with Gasteiger partial charge in [-0.25, -0.2) is 9.97 Å². The van der Waals surface area contributed by atoms with Crippen LogP contribution in [0.15, 0.2) is 11.4 Å². The minimum Gasteiger partial charge on any atom is -0.355 e. The summed E-state index contributed by atoms with van der Waals surface area (Å²) in [6, 6.07) is 0. The first-order chi connectivity index (χ1) is 10.2. The van der Waals surface area contributed by atoms with E-state index < -0.39 is 0 Å². The third-order valence-corrected chi connectivity index (χ3v) is 5.97. The largest absolute Gasteiger partial charge is 0.355 e. The van der Waals surface area contributed by atoms with Crippen LogP contribution in [0, 0.1) is 0 Å². The van der Waals surface area contributed by atoms with Crippen LogP contribution >= 0.6 is 23.1 Å². The molecule has 3 rings (SSSR count). The number of fused-ring (bicyclic) bond motifs is 3. The number of aromatic nitrogens is 2. The fraction of sp³-hybridized carbons (Fsp3) is 0.533. The number of rotatable bonds is 5. The zero-order valence-electron chi connectivity index (χ0n) is 12.3. The molecule has 0 aromatic carbocycles. The smallest absolute Gasteiger partial charge is 0.233 e. The van der Waals surface area contributed by atoms with Crippen molar-refractivity contribution in [2.24, 2.45) is 0 Å². The molecular weight excluding hydrogens is 302 g/mol. The van der Waals surface area contributed by atoms with Crippen LogP contribution in [-0.2, 0) is 17.6 Å². The Balaban J connectivity index is 1.85. The minimum atomic E-state index is -0.133. The van der Waals surface area contributed by atoms with Gasteiger partial charge in [0.1, 0.15) is 16.2 Å². The third kappa shape index (κ3) is 2.92. The maximum atomic E-state index is 12.0. The topological polar surface area (TPSA) is 54.9 Å². The zero-order valence-corrected chi connectivity index (χ0v) is 13.9. The highest BCUT2D eigenvalue weighted by atomic mass is 32.2. The molecule has 4 nitrogen and oxygen atoms in total. The molecule has 1 aliphatic rings. The molecule has 1 aliphatic carbocycles. The quantitative estimate of drug-likeness (QED) is 0.679. The average Bonchev–Trinajstić information content (AvgIpc) is 3.05. The minimum absolute atomic E-state index is 0.0838. The van der Waals surface area contributed by atoms with Crippen LogP contribution in [0.25, 0.3) is 10.2 Å². The van der Waals surface area contributed by atoms with Gasteiger partial charge in [0.15, 0.2) is 0 Å². The van der Waals surface area contributed by atoms with Crippen LogP contribution in [0.3, 0.4) is 0 Å². The fourth-order valence-electron chi connectivity index (χ4n) is 2.60. The Labute approximate surface area is 132 Å². The Kier molecular flexibility index (Phi) is 4.45. The zero-order chi connectivity index (χ0) is 14.8. The van der Waals surface area contributed by atoms with Gasteiger partial charge < -0.3 is 5.32 Å². The Morgan fingerprint density at radius 1 is 1.48 bits per heavy atom.